The van der Waals surface area contributed by atoms with Gasteiger partial charge in [0, 0.05) is 24.6 Å². The summed E-state index contributed by atoms with van der Waals surface area (Å²) < 4.78 is 26.9. The molecule has 0 bridgehead atoms. The first kappa shape index (κ1) is 18.1. The molecule has 0 amide bonds. The Balaban J connectivity index is 2.42. The zero-order chi connectivity index (χ0) is 17.9. The largest absolute Gasteiger partial charge is 0.300 e. The Morgan fingerprint density at radius 1 is 1.17 bits per heavy atom. The van der Waals surface area contributed by atoms with Gasteiger partial charge in [0.15, 0.2) is 5.78 Å². The zero-order valence-corrected chi connectivity index (χ0v) is 14.8. The molecule has 0 saturated carbocycles. The quantitative estimate of drug-likeness (QED) is 0.793. The Kier molecular flexibility index (Phi) is 5.39. The molecule has 1 aliphatic heterocycles. The molecule has 0 saturated heterocycles. The van der Waals surface area contributed by atoms with E-state index in [1.165, 1.54) is 19.2 Å². The molecule has 2 rings (SSSR count). The number of benzene rings is 1. The van der Waals surface area contributed by atoms with Crippen molar-refractivity contribution < 1.29 is 18.0 Å². The van der Waals surface area contributed by atoms with Crippen LogP contribution in [-0.2, 0) is 19.6 Å². The fourth-order valence-electron chi connectivity index (χ4n) is 2.52. The van der Waals surface area contributed by atoms with Crippen LogP contribution in [0, 0.1) is 6.92 Å². The summed E-state index contributed by atoms with van der Waals surface area (Å²) in [6.07, 6.45) is 4.79. The maximum absolute atomic E-state index is 12.9. The van der Waals surface area contributed by atoms with Gasteiger partial charge in [-0.25, -0.2) is 8.42 Å². The number of nitrogens with zero attached hydrogens (tertiary/aromatic N) is 1. The van der Waals surface area contributed by atoms with Gasteiger partial charge >= 0.3 is 0 Å². The SMILES string of the molecule is CCC(=O)C1=CC(CC(C)=O)N(S(=O)(=O)c2ccc(C)cc2)C=C1. The third-order valence-electron chi connectivity index (χ3n) is 3.84. The minimum absolute atomic E-state index is 0.0237. The molecule has 0 aliphatic carbocycles. The van der Waals surface area contributed by atoms with E-state index in [4.69, 9.17) is 0 Å². The van der Waals surface area contributed by atoms with Crippen LogP contribution in [0.25, 0.3) is 0 Å². The summed E-state index contributed by atoms with van der Waals surface area (Å²) in [5.74, 6) is -0.217. The Hall–Kier alpha value is -2.21. The van der Waals surface area contributed by atoms with Gasteiger partial charge in [-0.15, -0.1) is 0 Å². The number of allylic oxidation sites excluding steroid dienone is 2. The lowest BCUT2D eigenvalue weighted by Crippen LogP contribution is -2.38. The monoisotopic (exact) mass is 347 g/mol. The van der Waals surface area contributed by atoms with E-state index in [1.54, 1.807) is 37.3 Å². The normalized spacial score (nSPS) is 17.5. The van der Waals surface area contributed by atoms with Gasteiger partial charge in [-0.2, -0.15) is 0 Å². The molecule has 0 radical (unpaired) electrons. The van der Waals surface area contributed by atoms with Crippen molar-refractivity contribution in [3.05, 3.63) is 53.8 Å². The van der Waals surface area contributed by atoms with Crippen molar-refractivity contribution in [3.63, 3.8) is 0 Å². The molecule has 0 spiro atoms. The van der Waals surface area contributed by atoms with Gasteiger partial charge in [-0.3, -0.25) is 13.9 Å². The fraction of sp³-hybridized carbons (Fsp3) is 0.333. The van der Waals surface area contributed by atoms with Crippen molar-refractivity contribution in [3.8, 4) is 0 Å². The minimum Gasteiger partial charge on any atom is -0.300 e. The van der Waals surface area contributed by atoms with Crippen molar-refractivity contribution in [2.45, 2.75) is 44.6 Å². The maximum atomic E-state index is 12.9. The van der Waals surface area contributed by atoms with Crippen LogP contribution in [0.1, 0.15) is 32.3 Å². The van der Waals surface area contributed by atoms with E-state index in [0.29, 0.717) is 12.0 Å². The summed E-state index contributed by atoms with van der Waals surface area (Å²) >= 11 is 0. The minimum atomic E-state index is -3.79. The smallest absolute Gasteiger partial charge is 0.264 e. The zero-order valence-electron chi connectivity index (χ0n) is 14.0. The van der Waals surface area contributed by atoms with Crippen LogP contribution < -0.4 is 0 Å². The van der Waals surface area contributed by atoms with Crippen molar-refractivity contribution in [2.75, 3.05) is 0 Å². The molecule has 0 fully saturated rings. The molecule has 24 heavy (non-hydrogen) atoms. The number of Topliss-reactive ketones (excluding diaryl/α,β-unsaturated/α-hetero) is 2. The number of ketones is 2. The van der Waals surface area contributed by atoms with E-state index in [0.717, 1.165) is 9.87 Å². The van der Waals surface area contributed by atoms with Gasteiger partial charge in [-0.05, 0) is 38.1 Å². The maximum Gasteiger partial charge on any atom is 0.264 e. The molecule has 1 unspecified atom stereocenters. The standard InChI is InChI=1S/C18H21NO4S/c1-4-18(21)15-9-10-19(16(12-15)11-14(3)20)24(22,23)17-7-5-13(2)6-8-17/h5-10,12,16H,4,11H2,1-3H3. The van der Waals surface area contributed by atoms with Gasteiger partial charge in [0.2, 0.25) is 0 Å². The summed E-state index contributed by atoms with van der Waals surface area (Å²) in [4.78, 5) is 23.6. The third kappa shape index (κ3) is 3.82. The first-order chi connectivity index (χ1) is 11.3. The average Bonchev–Trinajstić information content (AvgIpc) is 2.53. The molecular formula is C18H21NO4S. The summed E-state index contributed by atoms with van der Waals surface area (Å²) in [5, 5.41) is 0. The second kappa shape index (κ2) is 7.13. The molecule has 5 nitrogen and oxygen atoms in total. The average molecular weight is 347 g/mol. The number of hydrogen-bond acceptors (Lipinski definition) is 4. The van der Waals surface area contributed by atoms with Crippen LogP contribution >= 0.6 is 0 Å². The molecule has 1 heterocycles. The van der Waals surface area contributed by atoms with Crippen LogP contribution in [0.3, 0.4) is 0 Å². The highest BCUT2D eigenvalue weighted by Crippen LogP contribution is 2.26. The lowest BCUT2D eigenvalue weighted by molar-refractivity contribution is -0.118. The summed E-state index contributed by atoms with van der Waals surface area (Å²) in [7, 11) is -3.79. The number of sulfonamides is 1. The molecule has 1 aromatic carbocycles. The third-order valence-corrected chi connectivity index (χ3v) is 5.65. The molecule has 6 heteroatoms. The number of carbonyl (C=O) groups is 2. The van der Waals surface area contributed by atoms with Crippen molar-refractivity contribution in [2.24, 2.45) is 0 Å². The van der Waals surface area contributed by atoms with E-state index in [2.05, 4.69) is 0 Å². The van der Waals surface area contributed by atoms with Crippen molar-refractivity contribution in [1.29, 1.82) is 0 Å². The second-order valence-electron chi connectivity index (χ2n) is 5.84. The number of carbonyl (C=O) groups excluding carboxylic acids is 2. The van der Waals surface area contributed by atoms with Gasteiger partial charge in [0.1, 0.15) is 5.78 Å². The molecule has 128 valence electrons. The Labute approximate surface area is 142 Å². The summed E-state index contributed by atoms with van der Waals surface area (Å²) in [5.41, 5.74) is 1.40. The predicted octanol–water partition coefficient (Wildman–Crippen LogP) is 2.77. The van der Waals surface area contributed by atoms with Crippen LogP contribution in [0.4, 0.5) is 0 Å². The predicted molar refractivity (Wildman–Crippen MR) is 91.8 cm³/mol. The van der Waals surface area contributed by atoms with E-state index >= 15 is 0 Å². The lowest BCUT2D eigenvalue weighted by Gasteiger charge is -2.30. The molecular weight excluding hydrogens is 326 g/mol. The van der Waals surface area contributed by atoms with Crippen LogP contribution in [-0.4, -0.2) is 30.3 Å². The summed E-state index contributed by atoms with van der Waals surface area (Å²) in [6, 6.07) is 5.84. The van der Waals surface area contributed by atoms with E-state index in [1.807, 2.05) is 6.92 Å². The molecule has 0 aromatic heterocycles. The molecule has 1 aliphatic rings. The fourth-order valence-corrected chi connectivity index (χ4v) is 3.96. The second-order valence-corrected chi connectivity index (χ2v) is 7.68. The highest BCUT2D eigenvalue weighted by molar-refractivity contribution is 7.89. The Morgan fingerprint density at radius 3 is 2.33 bits per heavy atom. The molecule has 0 N–H and O–H groups in total. The lowest BCUT2D eigenvalue weighted by atomic mass is 10.0. The van der Waals surface area contributed by atoms with Crippen molar-refractivity contribution >= 4 is 21.6 Å². The van der Waals surface area contributed by atoms with Gasteiger partial charge < -0.3 is 0 Å². The van der Waals surface area contributed by atoms with Crippen molar-refractivity contribution in [1.82, 2.24) is 4.31 Å². The van der Waals surface area contributed by atoms with E-state index in [-0.39, 0.29) is 22.9 Å². The number of aryl methyl sites for hydroxylation is 1. The topological polar surface area (TPSA) is 71.5 Å². The first-order valence-corrected chi connectivity index (χ1v) is 9.22. The Morgan fingerprint density at radius 2 is 1.79 bits per heavy atom. The van der Waals surface area contributed by atoms with Gasteiger partial charge in [0.25, 0.3) is 10.0 Å². The number of hydrogen-bond donors (Lipinski definition) is 0. The van der Waals surface area contributed by atoms with Crippen LogP contribution in [0.2, 0.25) is 0 Å². The number of rotatable bonds is 6. The van der Waals surface area contributed by atoms with E-state index < -0.39 is 16.1 Å². The van der Waals surface area contributed by atoms with Crippen LogP contribution in [0.5, 0.6) is 0 Å². The Bertz CT molecular complexity index is 804. The van der Waals surface area contributed by atoms with Crippen LogP contribution in [0.15, 0.2) is 53.1 Å². The van der Waals surface area contributed by atoms with Gasteiger partial charge in [-0.1, -0.05) is 24.6 Å². The highest BCUT2D eigenvalue weighted by atomic mass is 32.2. The molecule has 1 atom stereocenters. The van der Waals surface area contributed by atoms with E-state index in [9.17, 15) is 18.0 Å². The highest BCUT2D eigenvalue weighted by Gasteiger charge is 2.31. The first-order valence-electron chi connectivity index (χ1n) is 7.78. The van der Waals surface area contributed by atoms with Gasteiger partial charge in [0.05, 0.1) is 10.9 Å². The molecule has 1 aromatic rings. The summed E-state index contributed by atoms with van der Waals surface area (Å²) in [6.45, 7) is 5.03.